The molecular weight excluding hydrogens is 517 g/mol. The molecule has 13 heteroatoms. The lowest BCUT2D eigenvalue weighted by Gasteiger charge is -2.32. The third-order valence-corrected chi connectivity index (χ3v) is 7.27. The lowest BCUT2D eigenvalue weighted by Crippen LogP contribution is -2.47. The molecule has 1 aromatic carbocycles. The molecule has 0 aliphatic carbocycles. The molecule has 2 saturated heterocycles. The maximum absolute atomic E-state index is 14.5. The Kier molecular flexibility index (Phi) is 7.36. The van der Waals surface area contributed by atoms with E-state index in [2.05, 4.69) is 10.3 Å². The molecule has 2 aromatic rings. The second-order valence-corrected chi connectivity index (χ2v) is 9.55. The van der Waals surface area contributed by atoms with E-state index in [1.54, 1.807) is 0 Å². The molecule has 1 aromatic heterocycles. The molecule has 2 aliphatic heterocycles. The summed E-state index contributed by atoms with van der Waals surface area (Å²) < 4.78 is 81.0. The second-order valence-electron chi connectivity index (χ2n) is 9.55. The highest BCUT2D eigenvalue weighted by molar-refractivity contribution is 5.98. The van der Waals surface area contributed by atoms with Crippen LogP contribution in [0.1, 0.15) is 42.2 Å². The van der Waals surface area contributed by atoms with Crippen molar-refractivity contribution in [3.8, 4) is 5.75 Å². The highest BCUT2D eigenvalue weighted by Crippen LogP contribution is 2.55. The van der Waals surface area contributed by atoms with E-state index in [-0.39, 0.29) is 23.5 Å². The molecule has 5 atom stereocenters. The molecule has 3 heterocycles. The van der Waals surface area contributed by atoms with E-state index >= 15 is 0 Å². The zero-order valence-corrected chi connectivity index (χ0v) is 20.7. The van der Waals surface area contributed by atoms with Crippen LogP contribution in [-0.2, 0) is 9.53 Å². The predicted molar refractivity (Wildman–Crippen MR) is 124 cm³/mol. The van der Waals surface area contributed by atoms with Crippen LogP contribution >= 0.6 is 0 Å². The van der Waals surface area contributed by atoms with E-state index in [4.69, 9.17) is 9.47 Å². The summed E-state index contributed by atoms with van der Waals surface area (Å²) in [4.78, 5) is 31.4. The van der Waals surface area contributed by atoms with E-state index in [1.165, 1.54) is 30.2 Å². The first-order valence-corrected chi connectivity index (χ1v) is 11.8. The second kappa shape index (κ2) is 10.1. The first-order valence-electron chi connectivity index (χ1n) is 11.8. The number of anilines is 1. The minimum Gasteiger partial charge on any atom is -0.493 e. The van der Waals surface area contributed by atoms with E-state index < -0.39 is 65.0 Å². The number of likely N-dealkylation sites (tertiary alicyclic amines) is 1. The van der Waals surface area contributed by atoms with Crippen molar-refractivity contribution in [1.29, 1.82) is 0 Å². The number of aliphatic hydroxyl groups is 1. The molecule has 8 nitrogen and oxygen atoms in total. The highest BCUT2D eigenvalue weighted by Gasteiger charge is 2.66. The molecule has 2 fully saturated rings. The number of carbonyl (C=O) groups excluding carboxylic acids is 2. The fourth-order valence-corrected chi connectivity index (χ4v) is 4.97. The van der Waals surface area contributed by atoms with Crippen LogP contribution in [0.2, 0.25) is 0 Å². The molecule has 4 rings (SSSR count). The summed E-state index contributed by atoms with van der Waals surface area (Å²) in [5, 5.41) is 12.1. The van der Waals surface area contributed by atoms with Gasteiger partial charge in [-0.2, -0.15) is 17.6 Å². The third kappa shape index (κ3) is 4.80. The Labute approximate surface area is 214 Å². The quantitative estimate of drug-likeness (QED) is 0.559. The standard InChI is InChI=1S/C25H26F5N3O5/c1-12-18(15-4-5-16(26)19(27)20(15)37-3)21(38-24(12,2)25(28,29)30)22(35)32-13-6-8-31-17(10-13)23(36)33-9-7-14(34)11-33/h4-6,8,10,12,14,18,21,34H,7,9,11H2,1-3H3,(H,31,32,35)/t12-,14+,18-,21+,24+/m0/s1. The number of aromatic nitrogens is 1. The number of hydrogen-bond donors (Lipinski definition) is 2. The maximum atomic E-state index is 14.5. The minimum absolute atomic E-state index is 0.0448. The van der Waals surface area contributed by atoms with Crippen LogP contribution in [0.15, 0.2) is 30.5 Å². The summed E-state index contributed by atoms with van der Waals surface area (Å²) in [6, 6.07) is 4.40. The van der Waals surface area contributed by atoms with E-state index in [9.17, 15) is 36.6 Å². The number of ether oxygens (including phenoxy) is 2. The number of β-amino-alcohol motifs (C(OH)–C–C–N with tert-alkyl or cyclic N) is 1. The van der Waals surface area contributed by atoms with Crippen LogP contribution in [0.5, 0.6) is 5.75 Å². The Balaban J connectivity index is 1.67. The summed E-state index contributed by atoms with van der Waals surface area (Å²) in [6.45, 7) is 2.44. The number of amides is 2. The van der Waals surface area contributed by atoms with Crippen LogP contribution in [-0.4, -0.2) is 71.0 Å². The fourth-order valence-electron chi connectivity index (χ4n) is 4.97. The van der Waals surface area contributed by atoms with Crippen LogP contribution < -0.4 is 10.1 Å². The van der Waals surface area contributed by atoms with Crippen LogP contribution in [0.25, 0.3) is 0 Å². The molecule has 0 unspecified atom stereocenters. The molecule has 0 spiro atoms. The number of carbonyl (C=O) groups is 2. The van der Waals surface area contributed by atoms with Gasteiger partial charge in [0, 0.05) is 42.4 Å². The average Bonchev–Trinajstić information content (AvgIpc) is 3.41. The summed E-state index contributed by atoms with van der Waals surface area (Å²) in [5.74, 6) is -7.56. The number of halogens is 5. The minimum atomic E-state index is -4.90. The number of pyridine rings is 1. The average molecular weight is 543 g/mol. The molecule has 0 saturated carbocycles. The lowest BCUT2D eigenvalue weighted by atomic mass is 9.77. The third-order valence-electron chi connectivity index (χ3n) is 7.27. The van der Waals surface area contributed by atoms with Gasteiger partial charge >= 0.3 is 6.18 Å². The Bertz CT molecular complexity index is 1240. The molecular formula is C25H26F5N3O5. The van der Waals surface area contributed by atoms with Crippen LogP contribution in [0.3, 0.4) is 0 Å². The van der Waals surface area contributed by atoms with Crippen molar-refractivity contribution in [1.82, 2.24) is 9.88 Å². The van der Waals surface area contributed by atoms with Gasteiger partial charge in [0.25, 0.3) is 11.8 Å². The number of hydrogen-bond acceptors (Lipinski definition) is 6. The molecule has 38 heavy (non-hydrogen) atoms. The van der Waals surface area contributed by atoms with Gasteiger partial charge in [0.15, 0.2) is 17.2 Å². The largest absolute Gasteiger partial charge is 0.493 e. The maximum Gasteiger partial charge on any atom is 0.417 e. The Morgan fingerprint density at radius 2 is 1.97 bits per heavy atom. The molecule has 2 aliphatic rings. The van der Waals surface area contributed by atoms with Crippen molar-refractivity contribution in [2.75, 3.05) is 25.5 Å². The number of alkyl halides is 3. The fraction of sp³-hybridized carbons (Fsp3) is 0.480. The molecule has 2 amide bonds. The SMILES string of the molecule is COc1c([C@H]2[C@H](C(=O)Nc3ccnc(C(=O)N4CC[C@@H](O)C4)c3)O[C@@](C)(C(F)(F)F)[C@H]2C)ccc(F)c1F. The zero-order chi connectivity index (χ0) is 28.0. The van der Waals surface area contributed by atoms with Gasteiger partial charge in [-0.05, 0) is 31.5 Å². The number of nitrogens with one attached hydrogen (secondary N) is 1. The van der Waals surface area contributed by atoms with Gasteiger partial charge < -0.3 is 24.8 Å². The van der Waals surface area contributed by atoms with E-state index in [1.807, 2.05) is 0 Å². The number of methoxy groups -OCH3 is 1. The number of rotatable bonds is 5. The molecule has 0 bridgehead atoms. The first-order chi connectivity index (χ1) is 17.8. The predicted octanol–water partition coefficient (Wildman–Crippen LogP) is 3.65. The number of benzene rings is 1. The van der Waals surface area contributed by atoms with E-state index in [0.717, 1.165) is 26.2 Å². The number of nitrogens with zero attached hydrogens (tertiary/aromatic N) is 2. The van der Waals surface area contributed by atoms with Crippen molar-refractivity contribution in [3.05, 3.63) is 53.4 Å². The highest BCUT2D eigenvalue weighted by atomic mass is 19.4. The summed E-state index contributed by atoms with van der Waals surface area (Å²) in [7, 11) is 1.04. The van der Waals surface area contributed by atoms with Crippen molar-refractivity contribution in [2.24, 2.45) is 5.92 Å². The van der Waals surface area contributed by atoms with Crippen molar-refractivity contribution < 1.29 is 46.1 Å². The van der Waals surface area contributed by atoms with Gasteiger partial charge in [-0.25, -0.2) is 4.39 Å². The Morgan fingerprint density at radius 3 is 2.58 bits per heavy atom. The van der Waals surface area contributed by atoms with Gasteiger partial charge in [-0.15, -0.1) is 0 Å². The number of aliphatic hydroxyl groups excluding tert-OH is 1. The van der Waals surface area contributed by atoms with Gasteiger partial charge in [-0.3, -0.25) is 14.6 Å². The first kappa shape index (κ1) is 27.7. The monoisotopic (exact) mass is 543 g/mol. The van der Waals surface area contributed by atoms with E-state index in [0.29, 0.717) is 13.0 Å². The summed E-state index contributed by atoms with van der Waals surface area (Å²) in [6.07, 6.45) is -5.69. The zero-order valence-electron chi connectivity index (χ0n) is 20.7. The topological polar surface area (TPSA) is 101 Å². The van der Waals surface area contributed by atoms with Gasteiger partial charge in [0.1, 0.15) is 11.8 Å². The van der Waals surface area contributed by atoms with Gasteiger partial charge in [0.2, 0.25) is 5.82 Å². The smallest absolute Gasteiger partial charge is 0.417 e. The van der Waals surface area contributed by atoms with Gasteiger partial charge in [-0.1, -0.05) is 13.0 Å². The van der Waals surface area contributed by atoms with Crippen LogP contribution in [0.4, 0.5) is 27.6 Å². The Hall–Kier alpha value is -3.32. The van der Waals surface area contributed by atoms with Crippen molar-refractivity contribution >= 4 is 17.5 Å². The summed E-state index contributed by atoms with van der Waals surface area (Å²) in [5.41, 5.74) is -2.95. The molecule has 206 valence electrons. The van der Waals surface area contributed by atoms with Gasteiger partial charge in [0.05, 0.1) is 13.2 Å². The molecule has 0 radical (unpaired) electrons. The lowest BCUT2D eigenvalue weighted by molar-refractivity contribution is -0.272. The summed E-state index contributed by atoms with van der Waals surface area (Å²) >= 11 is 0. The Morgan fingerprint density at radius 1 is 1.26 bits per heavy atom. The normalized spacial score (nSPS) is 27.4. The molecule has 2 N–H and O–H groups in total. The van der Waals surface area contributed by atoms with Crippen molar-refractivity contribution in [3.63, 3.8) is 0 Å². The van der Waals surface area contributed by atoms with Crippen LogP contribution in [0, 0.1) is 17.6 Å². The van der Waals surface area contributed by atoms with Crippen molar-refractivity contribution in [2.45, 2.75) is 50.2 Å².